The SMILES string of the molecule is O=C(Nc1cccc(-c2cc(Cl)ccc2O)c1)Nc1ccccc1CCO. The number of amides is 2. The van der Waals surface area contributed by atoms with Crippen LogP contribution < -0.4 is 10.6 Å². The van der Waals surface area contributed by atoms with E-state index in [2.05, 4.69) is 10.6 Å². The summed E-state index contributed by atoms with van der Waals surface area (Å²) in [6.07, 6.45) is 0.458. The molecule has 0 bridgehead atoms. The Morgan fingerprint density at radius 2 is 1.78 bits per heavy atom. The van der Waals surface area contributed by atoms with E-state index >= 15 is 0 Å². The van der Waals surface area contributed by atoms with Crippen LogP contribution in [0.25, 0.3) is 11.1 Å². The summed E-state index contributed by atoms with van der Waals surface area (Å²) in [6.45, 7) is 0.00544. The van der Waals surface area contributed by atoms with Crippen LogP contribution in [-0.2, 0) is 6.42 Å². The molecule has 0 aliphatic carbocycles. The van der Waals surface area contributed by atoms with Gasteiger partial charge >= 0.3 is 6.03 Å². The zero-order valence-corrected chi connectivity index (χ0v) is 15.2. The standard InChI is InChI=1S/C21H19ClN2O3/c22-16-8-9-20(26)18(13-16)15-5-3-6-17(12-15)23-21(27)24-19-7-2-1-4-14(19)10-11-25/h1-9,12-13,25-26H,10-11H2,(H2,23,24,27). The van der Waals surface area contributed by atoms with Crippen LogP contribution in [0, 0.1) is 0 Å². The van der Waals surface area contributed by atoms with Gasteiger partial charge in [0.2, 0.25) is 0 Å². The number of rotatable bonds is 5. The van der Waals surface area contributed by atoms with Gasteiger partial charge in [-0.3, -0.25) is 0 Å². The molecule has 0 aromatic heterocycles. The number of nitrogens with one attached hydrogen (secondary N) is 2. The third-order valence-corrected chi connectivity index (χ3v) is 4.27. The highest BCUT2D eigenvalue weighted by molar-refractivity contribution is 6.31. The number of para-hydroxylation sites is 1. The van der Waals surface area contributed by atoms with Gasteiger partial charge in [-0.2, -0.15) is 0 Å². The van der Waals surface area contributed by atoms with Gasteiger partial charge in [0.05, 0.1) is 0 Å². The summed E-state index contributed by atoms with van der Waals surface area (Å²) in [6, 6.07) is 18.8. The molecule has 0 spiro atoms. The fourth-order valence-corrected chi connectivity index (χ4v) is 2.94. The number of anilines is 2. The number of benzene rings is 3. The maximum atomic E-state index is 12.4. The summed E-state index contributed by atoms with van der Waals surface area (Å²) in [7, 11) is 0. The van der Waals surface area contributed by atoms with Crippen LogP contribution in [0.4, 0.5) is 16.2 Å². The fraction of sp³-hybridized carbons (Fsp3) is 0.0952. The molecule has 0 radical (unpaired) electrons. The van der Waals surface area contributed by atoms with E-state index in [1.54, 1.807) is 36.4 Å². The lowest BCUT2D eigenvalue weighted by Crippen LogP contribution is -2.20. The quantitative estimate of drug-likeness (QED) is 0.507. The molecule has 3 aromatic carbocycles. The van der Waals surface area contributed by atoms with E-state index < -0.39 is 6.03 Å². The first kappa shape index (κ1) is 18.8. The molecule has 0 aliphatic rings. The largest absolute Gasteiger partial charge is 0.507 e. The number of aliphatic hydroxyl groups excluding tert-OH is 1. The van der Waals surface area contributed by atoms with Crippen LogP contribution >= 0.6 is 11.6 Å². The Kier molecular flexibility index (Phi) is 5.96. The number of carbonyl (C=O) groups excluding carboxylic acids is 1. The highest BCUT2D eigenvalue weighted by Gasteiger charge is 2.09. The zero-order valence-electron chi connectivity index (χ0n) is 14.4. The maximum Gasteiger partial charge on any atom is 0.323 e. The number of hydrogen-bond donors (Lipinski definition) is 4. The molecule has 0 unspecified atom stereocenters. The first-order valence-electron chi connectivity index (χ1n) is 8.42. The van der Waals surface area contributed by atoms with Gasteiger partial charge in [-0.1, -0.05) is 41.9 Å². The van der Waals surface area contributed by atoms with E-state index in [-0.39, 0.29) is 12.4 Å². The number of aliphatic hydroxyl groups is 1. The zero-order chi connectivity index (χ0) is 19.2. The minimum absolute atomic E-state index is 0.00544. The third-order valence-electron chi connectivity index (χ3n) is 4.04. The summed E-state index contributed by atoms with van der Waals surface area (Å²) in [4.78, 5) is 12.4. The van der Waals surface area contributed by atoms with Crippen LogP contribution in [0.3, 0.4) is 0 Å². The second kappa shape index (κ2) is 8.58. The normalized spacial score (nSPS) is 10.4. The number of carbonyl (C=O) groups is 1. The molecular weight excluding hydrogens is 364 g/mol. The van der Waals surface area contributed by atoms with E-state index in [0.29, 0.717) is 28.4 Å². The minimum Gasteiger partial charge on any atom is -0.507 e. The van der Waals surface area contributed by atoms with Crippen molar-refractivity contribution in [2.45, 2.75) is 6.42 Å². The first-order valence-corrected chi connectivity index (χ1v) is 8.80. The molecule has 138 valence electrons. The Morgan fingerprint density at radius 1 is 0.963 bits per heavy atom. The van der Waals surface area contributed by atoms with Crippen molar-refractivity contribution in [3.05, 3.63) is 77.3 Å². The van der Waals surface area contributed by atoms with Crippen molar-refractivity contribution in [1.29, 1.82) is 0 Å². The van der Waals surface area contributed by atoms with E-state index in [4.69, 9.17) is 16.7 Å². The maximum absolute atomic E-state index is 12.4. The summed E-state index contributed by atoms with van der Waals surface area (Å²) >= 11 is 6.01. The van der Waals surface area contributed by atoms with Crippen molar-refractivity contribution in [3.8, 4) is 16.9 Å². The molecule has 2 amide bonds. The molecule has 0 saturated heterocycles. The minimum atomic E-state index is -0.396. The Bertz CT molecular complexity index is 960. The van der Waals surface area contributed by atoms with Gasteiger partial charge < -0.3 is 20.8 Å². The van der Waals surface area contributed by atoms with Crippen molar-refractivity contribution in [2.75, 3.05) is 17.2 Å². The Balaban J connectivity index is 1.77. The Hall–Kier alpha value is -3.02. The molecule has 27 heavy (non-hydrogen) atoms. The number of halogens is 1. The van der Waals surface area contributed by atoms with Crippen LogP contribution in [0.5, 0.6) is 5.75 Å². The molecular formula is C21H19ClN2O3. The highest BCUT2D eigenvalue weighted by Crippen LogP contribution is 2.32. The number of phenolic OH excluding ortho intramolecular Hbond substituents is 1. The molecule has 6 heteroatoms. The number of phenols is 1. The van der Waals surface area contributed by atoms with Gasteiger partial charge in [-0.25, -0.2) is 4.79 Å². The van der Waals surface area contributed by atoms with E-state index in [0.717, 1.165) is 11.1 Å². The Morgan fingerprint density at radius 3 is 2.59 bits per heavy atom. The molecule has 0 fully saturated rings. The number of urea groups is 1. The monoisotopic (exact) mass is 382 g/mol. The van der Waals surface area contributed by atoms with Gasteiger partial charge in [0.25, 0.3) is 0 Å². The molecule has 4 N–H and O–H groups in total. The summed E-state index contributed by atoms with van der Waals surface area (Å²) in [5.74, 6) is 0.110. The Labute approximate surface area is 162 Å². The van der Waals surface area contributed by atoms with Gasteiger partial charge in [0, 0.05) is 28.6 Å². The van der Waals surface area contributed by atoms with E-state index in [1.165, 1.54) is 6.07 Å². The topological polar surface area (TPSA) is 81.6 Å². The molecule has 0 aliphatic heterocycles. The van der Waals surface area contributed by atoms with Crippen molar-refractivity contribution in [2.24, 2.45) is 0 Å². The molecule has 0 heterocycles. The predicted molar refractivity (Wildman–Crippen MR) is 108 cm³/mol. The predicted octanol–water partition coefficient (Wildman–Crippen LogP) is 4.89. The smallest absolute Gasteiger partial charge is 0.323 e. The van der Waals surface area contributed by atoms with Gasteiger partial charge in [-0.15, -0.1) is 0 Å². The highest BCUT2D eigenvalue weighted by atomic mass is 35.5. The van der Waals surface area contributed by atoms with Crippen molar-refractivity contribution >= 4 is 29.0 Å². The summed E-state index contributed by atoms with van der Waals surface area (Å²) in [5, 5.41) is 25.3. The van der Waals surface area contributed by atoms with Crippen LogP contribution in [-0.4, -0.2) is 22.9 Å². The van der Waals surface area contributed by atoms with Gasteiger partial charge in [-0.05, 0) is 53.9 Å². The molecule has 3 rings (SSSR count). The average Bonchev–Trinajstić information content (AvgIpc) is 2.65. The van der Waals surface area contributed by atoms with Crippen LogP contribution in [0.1, 0.15) is 5.56 Å². The van der Waals surface area contributed by atoms with E-state index in [1.807, 2.05) is 24.3 Å². The second-order valence-electron chi connectivity index (χ2n) is 5.95. The van der Waals surface area contributed by atoms with Crippen molar-refractivity contribution in [3.63, 3.8) is 0 Å². The van der Waals surface area contributed by atoms with Crippen molar-refractivity contribution in [1.82, 2.24) is 0 Å². The average molecular weight is 383 g/mol. The molecule has 3 aromatic rings. The van der Waals surface area contributed by atoms with Gasteiger partial charge in [0.15, 0.2) is 0 Å². The second-order valence-corrected chi connectivity index (χ2v) is 6.39. The lowest BCUT2D eigenvalue weighted by molar-refractivity contribution is 0.262. The molecule has 0 atom stereocenters. The lowest BCUT2D eigenvalue weighted by atomic mass is 10.0. The van der Waals surface area contributed by atoms with Crippen molar-refractivity contribution < 1.29 is 15.0 Å². The number of hydrogen-bond acceptors (Lipinski definition) is 3. The summed E-state index contributed by atoms with van der Waals surface area (Å²) < 4.78 is 0. The lowest BCUT2D eigenvalue weighted by Gasteiger charge is -2.12. The fourth-order valence-electron chi connectivity index (χ4n) is 2.77. The number of aromatic hydroxyl groups is 1. The van der Waals surface area contributed by atoms with Crippen LogP contribution in [0.2, 0.25) is 5.02 Å². The van der Waals surface area contributed by atoms with Gasteiger partial charge in [0.1, 0.15) is 5.75 Å². The van der Waals surface area contributed by atoms with Crippen LogP contribution in [0.15, 0.2) is 66.7 Å². The first-order chi connectivity index (χ1) is 13.1. The summed E-state index contributed by atoms with van der Waals surface area (Å²) in [5.41, 5.74) is 3.39. The molecule has 5 nitrogen and oxygen atoms in total. The third kappa shape index (κ3) is 4.78. The molecule has 0 saturated carbocycles. The van der Waals surface area contributed by atoms with E-state index in [9.17, 15) is 9.90 Å².